The van der Waals surface area contributed by atoms with Crippen molar-refractivity contribution >= 4 is 22.7 Å². The fourth-order valence-corrected chi connectivity index (χ4v) is 2.53. The molecule has 0 N–H and O–H groups in total. The summed E-state index contributed by atoms with van der Waals surface area (Å²) in [5, 5.41) is 0. The zero-order valence-electron chi connectivity index (χ0n) is 14.0. The Morgan fingerprint density at radius 2 is 1.88 bits per heavy atom. The molecule has 0 aliphatic rings. The Labute approximate surface area is 147 Å². The Balaban J connectivity index is 1.97. The lowest BCUT2D eigenvalue weighted by molar-refractivity contribution is -0.170. The van der Waals surface area contributed by atoms with Crippen molar-refractivity contribution in [2.24, 2.45) is 0 Å². The zero-order valence-corrected chi connectivity index (χ0v) is 14.0. The molecule has 5 nitrogen and oxygen atoms in total. The molecule has 1 amide bonds. The molecule has 2 aromatic carbocycles. The monoisotopic (exact) mass is 364 g/mol. The Hall–Kier alpha value is -3.03. The molecule has 1 aromatic heterocycles. The van der Waals surface area contributed by atoms with E-state index in [0.717, 1.165) is 0 Å². The number of benzene rings is 2. The SMILES string of the molecule is CCN(C(=O)C(F)(F)F)c1ccc2nc(-c3ccc(OC)cc3)oc2c1. The molecule has 0 saturated heterocycles. The van der Waals surface area contributed by atoms with Gasteiger partial charge in [-0.2, -0.15) is 13.2 Å². The van der Waals surface area contributed by atoms with Crippen LogP contribution in [0.2, 0.25) is 0 Å². The molecule has 0 spiro atoms. The summed E-state index contributed by atoms with van der Waals surface area (Å²) in [6, 6.07) is 11.3. The van der Waals surface area contributed by atoms with Crippen LogP contribution in [0.1, 0.15) is 6.92 Å². The van der Waals surface area contributed by atoms with Gasteiger partial charge in [-0.3, -0.25) is 4.79 Å². The quantitative estimate of drug-likeness (QED) is 0.688. The van der Waals surface area contributed by atoms with Gasteiger partial charge < -0.3 is 14.1 Å². The van der Waals surface area contributed by atoms with Crippen LogP contribution in [0.3, 0.4) is 0 Å². The highest BCUT2D eigenvalue weighted by Crippen LogP contribution is 2.30. The molecule has 8 heteroatoms. The van der Waals surface area contributed by atoms with E-state index in [-0.39, 0.29) is 12.2 Å². The molecule has 136 valence electrons. The lowest BCUT2D eigenvalue weighted by Crippen LogP contribution is -2.41. The van der Waals surface area contributed by atoms with Gasteiger partial charge in [0.1, 0.15) is 11.3 Å². The van der Waals surface area contributed by atoms with Crippen LogP contribution in [0.5, 0.6) is 5.75 Å². The lowest BCUT2D eigenvalue weighted by atomic mass is 10.2. The minimum absolute atomic E-state index is 0.0970. The average molecular weight is 364 g/mol. The number of amides is 1. The average Bonchev–Trinajstić information content (AvgIpc) is 3.05. The summed E-state index contributed by atoms with van der Waals surface area (Å²) >= 11 is 0. The number of halogens is 3. The van der Waals surface area contributed by atoms with Crippen molar-refractivity contribution in [3.63, 3.8) is 0 Å². The first-order valence-corrected chi connectivity index (χ1v) is 7.77. The van der Waals surface area contributed by atoms with E-state index < -0.39 is 12.1 Å². The number of hydrogen-bond acceptors (Lipinski definition) is 4. The van der Waals surface area contributed by atoms with Gasteiger partial charge in [0.15, 0.2) is 5.58 Å². The van der Waals surface area contributed by atoms with Gasteiger partial charge in [-0.25, -0.2) is 4.98 Å². The number of anilines is 1. The van der Waals surface area contributed by atoms with E-state index in [1.54, 1.807) is 31.4 Å². The molecule has 1 heterocycles. The van der Waals surface area contributed by atoms with Crippen LogP contribution < -0.4 is 9.64 Å². The summed E-state index contributed by atoms with van der Waals surface area (Å²) in [5.74, 6) is -0.921. The van der Waals surface area contributed by atoms with Crippen LogP contribution in [-0.4, -0.2) is 30.7 Å². The van der Waals surface area contributed by atoms with Crippen molar-refractivity contribution in [2.45, 2.75) is 13.1 Å². The van der Waals surface area contributed by atoms with Crippen LogP contribution in [0, 0.1) is 0 Å². The van der Waals surface area contributed by atoms with Crippen LogP contribution >= 0.6 is 0 Å². The molecule has 26 heavy (non-hydrogen) atoms. The Morgan fingerprint density at radius 1 is 1.19 bits per heavy atom. The topological polar surface area (TPSA) is 55.6 Å². The number of nitrogens with zero attached hydrogens (tertiary/aromatic N) is 2. The summed E-state index contributed by atoms with van der Waals surface area (Å²) in [7, 11) is 1.55. The molecule has 0 radical (unpaired) electrons. The predicted molar refractivity (Wildman–Crippen MR) is 90.1 cm³/mol. The molecule has 0 bridgehead atoms. The first kappa shape index (κ1) is 17.8. The van der Waals surface area contributed by atoms with Gasteiger partial charge in [-0.1, -0.05) is 0 Å². The second-order valence-corrected chi connectivity index (χ2v) is 5.45. The minimum Gasteiger partial charge on any atom is -0.497 e. The van der Waals surface area contributed by atoms with E-state index in [1.807, 2.05) is 0 Å². The molecule has 0 atom stereocenters. The Kier molecular flexibility index (Phi) is 4.58. The molecule has 0 aliphatic carbocycles. The number of methoxy groups -OCH3 is 1. The number of hydrogen-bond donors (Lipinski definition) is 0. The fraction of sp³-hybridized carbons (Fsp3) is 0.222. The third-order valence-electron chi connectivity index (χ3n) is 3.82. The summed E-state index contributed by atoms with van der Waals surface area (Å²) in [6.45, 7) is 1.35. The van der Waals surface area contributed by atoms with E-state index in [0.29, 0.717) is 33.2 Å². The normalized spacial score (nSPS) is 11.6. The van der Waals surface area contributed by atoms with Crippen molar-refractivity contribution < 1.29 is 27.1 Å². The number of rotatable bonds is 4. The van der Waals surface area contributed by atoms with Gasteiger partial charge in [0.25, 0.3) is 0 Å². The van der Waals surface area contributed by atoms with Crippen molar-refractivity contribution in [1.29, 1.82) is 0 Å². The van der Waals surface area contributed by atoms with Crippen LogP contribution in [0.4, 0.5) is 18.9 Å². The number of aromatic nitrogens is 1. The van der Waals surface area contributed by atoms with Crippen molar-refractivity contribution in [3.8, 4) is 17.2 Å². The van der Waals surface area contributed by atoms with Gasteiger partial charge in [0.2, 0.25) is 5.89 Å². The predicted octanol–water partition coefficient (Wildman–Crippen LogP) is 4.42. The van der Waals surface area contributed by atoms with Crippen LogP contribution in [-0.2, 0) is 4.79 Å². The second kappa shape index (κ2) is 6.70. The van der Waals surface area contributed by atoms with E-state index in [1.165, 1.54) is 25.1 Å². The highest BCUT2D eigenvalue weighted by Gasteiger charge is 2.42. The molecule has 0 saturated carbocycles. The van der Waals surface area contributed by atoms with Crippen LogP contribution in [0.15, 0.2) is 46.9 Å². The maximum absolute atomic E-state index is 12.7. The third kappa shape index (κ3) is 3.35. The number of oxazole rings is 1. The number of carbonyl (C=O) groups is 1. The van der Waals surface area contributed by atoms with Gasteiger partial charge in [-0.05, 0) is 43.3 Å². The first-order valence-electron chi connectivity index (χ1n) is 7.77. The molecule has 3 aromatic rings. The summed E-state index contributed by atoms with van der Waals surface area (Å²) in [5.41, 5.74) is 1.57. The molecule has 3 rings (SSSR count). The fourth-order valence-electron chi connectivity index (χ4n) is 2.53. The van der Waals surface area contributed by atoms with Gasteiger partial charge >= 0.3 is 12.1 Å². The molecule has 0 aliphatic heterocycles. The molecular weight excluding hydrogens is 349 g/mol. The van der Waals surface area contributed by atoms with Gasteiger partial charge in [-0.15, -0.1) is 0 Å². The summed E-state index contributed by atoms with van der Waals surface area (Å²) in [4.78, 5) is 16.5. The number of fused-ring (bicyclic) bond motifs is 1. The Morgan fingerprint density at radius 3 is 2.46 bits per heavy atom. The number of carbonyl (C=O) groups excluding carboxylic acids is 1. The highest BCUT2D eigenvalue weighted by atomic mass is 19.4. The highest BCUT2D eigenvalue weighted by molar-refractivity contribution is 5.98. The maximum atomic E-state index is 12.7. The second-order valence-electron chi connectivity index (χ2n) is 5.45. The van der Waals surface area contributed by atoms with E-state index in [9.17, 15) is 18.0 Å². The van der Waals surface area contributed by atoms with Crippen molar-refractivity contribution in [3.05, 3.63) is 42.5 Å². The van der Waals surface area contributed by atoms with Gasteiger partial charge in [0.05, 0.1) is 7.11 Å². The van der Waals surface area contributed by atoms with E-state index in [2.05, 4.69) is 4.98 Å². The number of ether oxygens (including phenoxy) is 1. The van der Waals surface area contributed by atoms with E-state index >= 15 is 0 Å². The van der Waals surface area contributed by atoms with E-state index in [4.69, 9.17) is 9.15 Å². The molecule has 0 fully saturated rings. The molecular formula is C18H15F3N2O3. The first-order chi connectivity index (χ1) is 12.3. The summed E-state index contributed by atoms with van der Waals surface area (Å²) in [6.07, 6.45) is -4.94. The minimum atomic E-state index is -4.94. The molecule has 0 unspecified atom stereocenters. The Bertz CT molecular complexity index is 933. The standard InChI is InChI=1S/C18H15F3N2O3/c1-3-23(17(24)18(19,20)21)12-6-9-14-15(10-12)26-16(22-14)11-4-7-13(25-2)8-5-11/h4-10H,3H2,1-2H3. The zero-order chi connectivity index (χ0) is 18.9. The maximum Gasteiger partial charge on any atom is 0.471 e. The van der Waals surface area contributed by atoms with Crippen molar-refractivity contribution in [2.75, 3.05) is 18.6 Å². The smallest absolute Gasteiger partial charge is 0.471 e. The lowest BCUT2D eigenvalue weighted by Gasteiger charge is -2.21. The van der Waals surface area contributed by atoms with Crippen LogP contribution in [0.25, 0.3) is 22.6 Å². The third-order valence-corrected chi connectivity index (χ3v) is 3.82. The van der Waals surface area contributed by atoms with Crippen molar-refractivity contribution in [1.82, 2.24) is 4.98 Å². The number of alkyl halides is 3. The largest absolute Gasteiger partial charge is 0.497 e. The summed E-state index contributed by atoms with van der Waals surface area (Å²) < 4.78 is 49.0. The van der Waals surface area contributed by atoms with Gasteiger partial charge in [0, 0.05) is 23.9 Å².